The molecule has 1 fully saturated rings. The molecule has 0 aromatic heterocycles. The predicted molar refractivity (Wildman–Crippen MR) is 104 cm³/mol. The Morgan fingerprint density at radius 3 is 2.50 bits per heavy atom. The van der Waals surface area contributed by atoms with Gasteiger partial charge in [-0.1, -0.05) is 6.07 Å². The van der Waals surface area contributed by atoms with E-state index in [1.54, 1.807) is 0 Å². The quantitative estimate of drug-likeness (QED) is 0.687. The van der Waals surface area contributed by atoms with Crippen LogP contribution in [0.3, 0.4) is 0 Å². The van der Waals surface area contributed by atoms with Gasteiger partial charge in [0, 0.05) is 25.5 Å². The Balaban J connectivity index is 1.88. The van der Waals surface area contributed by atoms with Gasteiger partial charge in [-0.2, -0.15) is 13.2 Å². The van der Waals surface area contributed by atoms with Crippen LogP contribution in [0, 0.1) is 5.82 Å². The minimum Gasteiger partial charge on any atom is -0.494 e. The summed E-state index contributed by atoms with van der Waals surface area (Å²) in [6.07, 6.45) is -4.48. The fourth-order valence-electron chi connectivity index (χ4n) is 3.29. The summed E-state index contributed by atoms with van der Waals surface area (Å²) in [6.45, 7) is 1.16. The second-order valence-electron chi connectivity index (χ2n) is 6.94. The maximum atomic E-state index is 14.5. The van der Waals surface area contributed by atoms with E-state index in [9.17, 15) is 31.9 Å². The van der Waals surface area contributed by atoms with Gasteiger partial charge in [0.1, 0.15) is 17.5 Å². The van der Waals surface area contributed by atoms with Crippen LogP contribution in [0.4, 0.5) is 23.2 Å². The normalized spacial score (nSPS) is 16.1. The molecule has 1 unspecified atom stereocenters. The van der Waals surface area contributed by atoms with Crippen LogP contribution in [0.1, 0.15) is 25.3 Å². The van der Waals surface area contributed by atoms with Gasteiger partial charge in [-0.15, -0.1) is 0 Å². The van der Waals surface area contributed by atoms with Gasteiger partial charge in [0.25, 0.3) is 0 Å². The standard InChI is InChI=1S/C21H18F4N2O5/c1-11(28)27-16(6-7-19(27)29)20(30)26-15-10-17(14(22)9-18(15)31-2)32-13-5-3-4-12(8-13)21(23,24)25/h3-5,8-10,16H,6-7H2,1-2H3,(H,26,30). The lowest BCUT2D eigenvalue weighted by molar-refractivity contribution is -0.145. The van der Waals surface area contributed by atoms with Crippen molar-refractivity contribution < 1.29 is 41.4 Å². The molecule has 1 aliphatic rings. The molecular formula is C21H18F4N2O5. The fourth-order valence-corrected chi connectivity index (χ4v) is 3.29. The second kappa shape index (κ2) is 8.85. The first-order valence-corrected chi connectivity index (χ1v) is 9.37. The molecule has 2 aromatic rings. The third kappa shape index (κ3) is 4.82. The maximum Gasteiger partial charge on any atom is 0.416 e. The van der Waals surface area contributed by atoms with E-state index in [-0.39, 0.29) is 30.0 Å². The average molecular weight is 454 g/mol. The van der Waals surface area contributed by atoms with Crippen molar-refractivity contribution in [3.8, 4) is 17.2 Å². The molecule has 3 rings (SSSR count). The van der Waals surface area contributed by atoms with E-state index in [0.717, 1.165) is 36.1 Å². The van der Waals surface area contributed by atoms with Crippen LogP contribution in [0.25, 0.3) is 0 Å². The van der Waals surface area contributed by atoms with Crippen molar-refractivity contribution in [3.63, 3.8) is 0 Å². The molecule has 0 spiro atoms. The van der Waals surface area contributed by atoms with Crippen molar-refractivity contribution in [3.05, 3.63) is 47.8 Å². The summed E-state index contributed by atoms with van der Waals surface area (Å²) in [4.78, 5) is 37.1. The van der Waals surface area contributed by atoms with Gasteiger partial charge in [-0.25, -0.2) is 4.39 Å². The maximum absolute atomic E-state index is 14.5. The number of ether oxygens (including phenoxy) is 2. The largest absolute Gasteiger partial charge is 0.494 e. The van der Waals surface area contributed by atoms with Crippen LogP contribution in [-0.2, 0) is 20.6 Å². The van der Waals surface area contributed by atoms with Gasteiger partial charge < -0.3 is 14.8 Å². The topological polar surface area (TPSA) is 84.9 Å². The number of rotatable bonds is 5. The number of imide groups is 1. The number of hydrogen-bond donors (Lipinski definition) is 1. The lowest BCUT2D eigenvalue weighted by atomic mass is 10.2. The van der Waals surface area contributed by atoms with Crippen LogP contribution < -0.4 is 14.8 Å². The summed E-state index contributed by atoms with van der Waals surface area (Å²) in [6, 6.07) is 4.75. The highest BCUT2D eigenvalue weighted by molar-refractivity contribution is 6.06. The lowest BCUT2D eigenvalue weighted by Gasteiger charge is -2.21. The molecule has 170 valence electrons. The van der Waals surface area contributed by atoms with Gasteiger partial charge in [0.2, 0.25) is 17.7 Å². The molecule has 0 bridgehead atoms. The zero-order valence-corrected chi connectivity index (χ0v) is 17.0. The van der Waals surface area contributed by atoms with Crippen molar-refractivity contribution >= 4 is 23.4 Å². The van der Waals surface area contributed by atoms with Crippen molar-refractivity contribution in [2.45, 2.75) is 32.0 Å². The Labute approximate surface area is 179 Å². The molecule has 0 radical (unpaired) electrons. The number of methoxy groups -OCH3 is 1. The molecule has 32 heavy (non-hydrogen) atoms. The van der Waals surface area contributed by atoms with Gasteiger partial charge in [-0.05, 0) is 24.6 Å². The fraction of sp³-hybridized carbons (Fsp3) is 0.286. The van der Waals surface area contributed by atoms with Crippen LogP contribution in [0.2, 0.25) is 0 Å². The molecule has 1 saturated heterocycles. The van der Waals surface area contributed by atoms with E-state index in [2.05, 4.69) is 5.32 Å². The highest BCUT2D eigenvalue weighted by Crippen LogP contribution is 2.37. The highest BCUT2D eigenvalue weighted by Gasteiger charge is 2.39. The lowest BCUT2D eigenvalue weighted by Crippen LogP contribution is -2.44. The van der Waals surface area contributed by atoms with Gasteiger partial charge in [-0.3, -0.25) is 19.3 Å². The summed E-state index contributed by atoms with van der Waals surface area (Å²) < 4.78 is 63.5. The van der Waals surface area contributed by atoms with Crippen LogP contribution in [0.5, 0.6) is 17.2 Å². The Kier molecular flexibility index (Phi) is 6.37. The van der Waals surface area contributed by atoms with E-state index in [1.165, 1.54) is 13.2 Å². The number of nitrogens with zero attached hydrogens (tertiary/aromatic N) is 1. The summed E-state index contributed by atoms with van der Waals surface area (Å²) in [5.41, 5.74) is -1.03. The summed E-state index contributed by atoms with van der Waals surface area (Å²) >= 11 is 0. The zero-order valence-electron chi connectivity index (χ0n) is 17.0. The minimum absolute atomic E-state index is 0.0160. The molecule has 0 aliphatic carbocycles. The number of carbonyl (C=O) groups is 3. The molecule has 0 saturated carbocycles. The third-order valence-electron chi connectivity index (χ3n) is 4.75. The molecule has 1 heterocycles. The molecular weight excluding hydrogens is 436 g/mol. The molecule has 3 amide bonds. The Morgan fingerprint density at radius 1 is 1.16 bits per heavy atom. The predicted octanol–water partition coefficient (Wildman–Crippen LogP) is 4.12. The smallest absolute Gasteiger partial charge is 0.416 e. The van der Waals surface area contributed by atoms with Gasteiger partial charge in [0.15, 0.2) is 11.6 Å². The van der Waals surface area contributed by atoms with Gasteiger partial charge >= 0.3 is 6.18 Å². The number of halogens is 4. The number of anilines is 1. The number of amides is 3. The van der Waals surface area contributed by atoms with Gasteiger partial charge in [0.05, 0.1) is 18.4 Å². The second-order valence-corrected chi connectivity index (χ2v) is 6.94. The highest BCUT2D eigenvalue weighted by atomic mass is 19.4. The summed E-state index contributed by atoms with van der Waals surface area (Å²) in [5, 5.41) is 2.46. The van der Waals surface area contributed by atoms with Crippen molar-refractivity contribution in [2.24, 2.45) is 0 Å². The Hall–Kier alpha value is -3.63. The SMILES string of the molecule is COc1cc(F)c(Oc2cccc(C(F)(F)F)c2)cc1NC(=O)C1CCC(=O)N1C(C)=O. The molecule has 11 heteroatoms. The first-order chi connectivity index (χ1) is 15.0. The number of alkyl halides is 3. The Morgan fingerprint density at radius 2 is 1.88 bits per heavy atom. The summed E-state index contributed by atoms with van der Waals surface area (Å²) in [5.74, 6) is -3.56. The molecule has 1 atom stereocenters. The monoisotopic (exact) mass is 454 g/mol. The van der Waals surface area contributed by atoms with Crippen molar-refractivity contribution in [1.29, 1.82) is 0 Å². The van der Waals surface area contributed by atoms with Crippen LogP contribution >= 0.6 is 0 Å². The molecule has 2 aromatic carbocycles. The van der Waals surface area contributed by atoms with E-state index < -0.39 is 47.1 Å². The minimum atomic E-state index is -4.61. The number of likely N-dealkylation sites (tertiary alicyclic amines) is 1. The van der Waals surface area contributed by atoms with E-state index >= 15 is 0 Å². The van der Waals surface area contributed by atoms with E-state index in [0.29, 0.717) is 6.07 Å². The van der Waals surface area contributed by atoms with E-state index in [1.807, 2.05) is 0 Å². The van der Waals surface area contributed by atoms with Crippen molar-refractivity contribution in [1.82, 2.24) is 4.90 Å². The average Bonchev–Trinajstić information content (AvgIpc) is 3.11. The number of carbonyl (C=O) groups excluding carboxylic acids is 3. The molecule has 1 aliphatic heterocycles. The third-order valence-corrected chi connectivity index (χ3v) is 4.75. The van der Waals surface area contributed by atoms with Crippen molar-refractivity contribution in [2.75, 3.05) is 12.4 Å². The first kappa shape index (κ1) is 23.0. The van der Waals surface area contributed by atoms with Crippen LogP contribution in [0.15, 0.2) is 36.4 Å². The number of nitrogens with one attached hydrogen (secondary N) is 1. The molecule has 7 nitrogen and oxygen atoms in total. The first-order valence-electron chi connectivity index (χ1n) is 9.37. The zero-order chi connectivity index (χ0) is 23.6. The van der Waals surface area contributed by atoms with Crippen LogP contribution in [-0.4, -0.2) is 35.8 Å². The number of benzene rings is 2. The Bertz CT molecular complexity index is 1070. The number of hydrogen-bond acceptors (Lipinski definition) is 5. The van der Waals surface area contributed by atoms with E-state index in [4.69, 9.17) is 9.47 Å². The summed E-state index contributed by atoms with van der Waals surface area (Å²) in [7, 11) is 1.22. The molecule has 1 N–H and O–H groups in total.